The molecule has 4 nitrogen and oxygen atoms in total. The van der Waals surface area contributed by atoms with E-state index in [2.05, 4.69) is 21.2 Å². The fourth-order valence-corrected chi connectivity index (χ4v) is 2.14. The third-order valence-corrected chi connectivity index (χ3v) is 3.21. The lowest BCUT2D eigenvalue weighted by Crippen LogP contribution is -2.64. The Labute approximate surface area is 106 Å². The van der Waals surface area contributed by atoms with E-state index in [4.69, 9.17) is 9.84 Å². The predicted octanol–water partition coefficient (Wildman–Crippen LogP) is 1.78. The molecule has 1 aromatic rings. The SMILES string of the molecule is O=C(O)CC1(Oc2ccc(F)cc2Br)CNC1. The third kappa shape index (κ3) is 2.76. The van der Waals surface area contributed by atoms with Gasteiger partial charge in [0.25, 0.3) is 0 Å². The molecule has 0 unspecified atom stereocenters. The number of aliphatic carboxylic acids is 1. The van der Waals surface area contributed by atoms with Crippen LogP contribution in [0.4, 0.5) is 4.39 Å². The zero-order valence-electron chi connectivity index (χ0n) is 8.87. The number of carboxylic acids is 1. The molecule has 2 rings (SSSR count). The molecule has 2 N–H and O–H groups in total. The molecule has 1 fully saturated rings. The van der Waals surface area contributed by atoms with Crippen LogP contribution in [0, 0.1) is 5.82 Å². The highest BCUT2D eigenvalue weighted by molar-refractivity contribution is 9.10. The van der Waals surface area contributed by atoms with Crippen molar-refractivity contribution < 1.29 is 19.0 Å². The Morgan fingerprint density at radius 1 is 1.59 bits per heavy atom. The minimum atomic E-state index is -0.912. The van der Waals surface area contributed by atoms with Crippen molar-refractivity contribution >= 4 is 21.9 Å². The number of ether oxygens (including phenoxy) is 1. The Bertz CT molecular complexity index is 448. The molecule has 1 heterocycles. The summed E-state index contributed by atoms with van der Waals surface area (Å²) >= 11 is 3.19. The first kappa shape index (κ1) is 12.3. The first-order chi connectivity index (χ1) is 8.01. The van der Waals surface area contributed by atoms with Crippen LogP contribution in [0.1, 0.15) is 6.42 Å². The van der Waals surface area contributed by atoms with E-state index in [1.807, 2.05) is 0 Å². The standard InChI is InChI=1S/C11H11BrFNO3/c12-8-3-7(13)1-2-9(8)17-11(4-10(15)16)5-14-6-11/h1-3,14H,4-6H2,(H,15,16). The van der Waals surface area contributed by atoms with Gasteiger partial charge in [0.2, 0.25) is 0 Å². The van der Waals surface area contributed by atoms with Gasteiger partial charge in [-0.15, -0.1) is 0 Å². The number of carbonyl (C=O) groups is 1. The van der Waals surface area contributed by atoms with E-state index < -0.39 is 11.6 Å². The number of hydrogen-bond acceptors (Lipinski definition) is 3. The summed E-state index contributed by atoms with van der Waals surface area (Å²) in [6.07, 6.45) is -0.0795. The topological polar surface area (TPSA) is 58.6 Å². The van der Waals surface area contributed by atoms with Gasteiger partial charge in [0.1, 0.15) is 17.2 Å². The van der Waals surface area contributed by atoms with Gasteiger partial charge in [-0.1, -0.05) is 0 Å². The Morgan fingerprint density at radius 3 is 2.76 bits per heavy atom. The summed E-state index contributed by atoms with van der Waals surface area (Å²) in [5.41, 5.74) is -0.730. The summed E-state index contributed by atoms with van der Waals surface area (Å²) in [5.74, 6) is -0.831. The first-order valence-corrected chi connectivity index (χ1v) is 5.87. The summed E-state index contributed by atoms with van der Waals surface area (Å²) in [7, 11) is 0. The zero-order chi connectivity index (χ0) is 12.5. The first-order valence-electron chi connectivity index (χ1n) is 5.07. The molecular weight excluding hydrogens is 293 g/mol. The molecule has 1 aliphatic rings. The third-order valence-electron chi connectivity index (χ3n) is 2.59. The number of rotatable bonds is 4. The fourth-order valence-electron chi connectivity index (χ4n) is 1.70. The van der Waals surface area contributed by atoms with Crippen LogP contribution in [0.3, 0.4) is 0 Å². The van der Waals surface area contributed by atoms with Crippen molar-refractivity contribution in [1.82, 2.24) is 5.32 Å². The average molecular weight is 304 g/mol. The van der Waals surface area contributed by atoms with Crippen LogP contribution in [0.5, 0.6) is 5.75 Å². The molecule has 0 saturated carbocycles. The molecule has 6 heteroatoms. The maximum Gasteiger partial charge on any atom is 0.307 e. The minimum Gasteiger partial charge on any atom is -0.483 e. The Kier molecular flexibility index (Phi) is 3.35. The lowest BCUT2D eigenvalue weighted by Gasteiger charge is -2.41. The molecular formula is C11H11BrFNO3. The quantitative estimate of drug-likeness (QED) is 0.890. The predicted molar refractivity (Wildman–Crippen MR) is 62.6 cm³/mol. The Morgan fingerprint density at radius 2 is 2.29 bits per heavy atom. The van der Waals surface area contributed by atoms with Crippen LogP contribution in [0.15, 0.2) is 22.7 Å². The molecule has 0 spiro atoms. The highest BCUT2D eigenvalue weighted by atomic mass is 79.9. The van der Waals surface area contributed by atoms with Gasteiger partial charge in [-0.3, -0.25) is 4.79 Å². The van der Waals surface area contributed by atoms with Gasteiger partial charge < -0.3 is 15.2 Å². The van der Waals surface area contributed by atoms with Crippen molar-refractivity contribution in [3.05, 3.63) is 28.5 Å². The maximum atomic E-state index is 12.9. The highest BCUT2D eigenvalue weighted by Gasteiger charge is 2.41. The van der Waals surface area contributed by atoms with Crippen molar-refractivity contribution in [2.45, 2.75) is 12.0 Å². The Hall–Kier alpha value is -1.14. The fraction of sp³-hybridized carbons (Fsp3) is 0.364. The van der Waals surface area contributed by atoms with Crippen LogP contribution in [-0.2, 0) is 4.79 Å². The molecule has 1 aromatic carbocycles. The van der Waals surface area contributed by atoms with Gasteiger partial charge in [0.15, 0.2) is 0 Å². The minimum absolute atomic E-state index is 0.0795. The van der Waals surface area contributed by atoms with Crippen molar-refractivity contribution in [2.75, 3.05) is 13.1 Å². The summed E-state index contributed by atoms with van der Waals surface area (Å²) in [6, 6.07) is 4.05. The summed E-state index contributed by atoms with van der Waals surface area (Å²) in [6.45, 7) is 0.951. The second kappa shape index (κ2) is 4.62. The molecule has 0 bridgehead atoms. The lowest BCUT2D eigenvalue weighted by molar-refractivity contribution is -0.143. The summed E-state index contributed by atoms with van der Waals surface area (Å²) in [5, 5.41) is 11.8. The van der Waals surface area contributed by atoms with Gasteiger partial charge in [0, 0.05) is 13.1 Å². The number of hydrogen-bond donors (Lipinski definition) is 2. The van der Waals surface area contributed by atoms with Crippen molar-refractivity contribution in [3.8, 4) is 5.75 Å². The van der Waals surface area contributed by atoms with E-state index in [0.717, 1.165) is 0 Å². The van der Waals surface area contributed by atoms with E-state index in [1.165, 1.54) is 18.2 Å². The molecule has 1 aliphatic heterocycles. The van der Waals surface area contributed by atoms with Gasteiger partial charge >= 0.3 is 5.97 Å². The van der Waals surface area contributed by atoms with Crippen molar-refractivity contribution in [3.63, 3.8) is 0 Å². The van der Waals surface area contributed by atoms with E-state index in [-0.39, 0.29) is 12.2 Å². The van der Waals surface area contributed by atoms with Gasteiger partial charge in [0.05, 0.1) is 10.9 Å². The molecule has 0 radical (unpaired) electrons. The maximum absolute atomic E-state index is 12.9. The van der Waals surface area contributed by atoms with E-state index in [1.54, 1.807) is 0 Å². The van der Waals surface area contributed by atoms with Crippen molar-refractivity contribution in [2.24, 2.45) is 0 Å². The second-order valence-electron chi connectivity index (χ2n) is 4.03. The van der Waals surface area contributed by atoms with E-state index in [0.29, 0.717) is 23.3 Å². The van der Waals surface area contributed by atoms with Gasteiger partial charge in [-0.2, -0.15) is 0 Å². The molecule has 0 amide bonds. The molecule has 0 atom stereocenters. The number of nitrogens with one attached hydrogen (secondary N) is 1. The van der Waals surface area contributed by atoms with E-state index in [9.17, 15) is 9.18 Å². The second-order valence-corrected chi connectivity index (χ2v) is 4.89. The van der Waals surface area contributed by atoms with Gasteiger partial charge in [-0.25, -0.2) is 4.39 Å². The summed E-state index contributed by atoms with van der Waals surface area (Å²) in [4.78, 5) is 10.8. The largest absolute Gasteiger partial charge is 0.483 e. The Balaban J connectivity index is 2.15. The van der Waals surface area contributed by atoms with Crippen LogP contribution < -0.4 is 10.1 Å². The van der Waals surface area contributed by atoms with Gasteiger partial charge in [-0.05, 0) is 34.1 Å². The number of halogens is 2. The molecule has 0 aromatic heterocycles. The van der Waals surface area contributed by atoms with Crippen LogP contribution in [0.25, 0.3) is 0 Å². The molecule has 92 valence electrons. The molecule has 1 saturated heterocycles. The van der Waals surface area contributed by atoms with Crippen LogP contribution in [0.2, 0.25) is 0 Å². The number of carboxylic acid groups (broad SMARTS) is 1. The highest BCUT2D eigenvalue weighted by Crippen LogP contribution is 2.31. The van der Waals surface area contributed by atoms with Crippen LogP contribution >= 0.6 is 15.9 Å². The monoisotopic (exact) mass is 303 g/mol. The molecule has 17 heavy (non-hydrogen) atoms. The normalized spacial score (nSPS) is 17.3. The average Bonchev–Trinajstić information content (AvgIpc) is 2.18. The summed E-state index contributed by atoms with van der Waals surface area (Å²) < 4.78 is 19.1. The number of benzene rings is 1. The van der Waals surface area contributed by atoms with Crippen LogP contribution in [-0.4, -0.2) is 29.8 Å². The zero-order valence-corrected chi connectivity index (χ0v) is 10.5. The smallest absolute Gasteiger partial charge is 0.307 e. The van der Waals surface area contributed by atoms with Crippen molar-refractivity contribution in [1.29, 1.82) is 0 Å². The molecule has 0 aliphatic carbocycles. The lowest BCUT2D eigenvalue weighted by atomic mass is 9.92. The van der Waals surface area contributed by atoms with E-state index >= 15 is 0 Å².